The molecule has 0 aliphatic carbocycles. The Kier molecular flexibility index (Phi) is 16.8. The molecule has 1 rings (SSSR count). The molecule has 0 radical (unpaired) electrons. The van der Waals surface area contributed by atoms with Gasteiger partial charge in [-0.1, -0.05) is 78.6 Å². The quantitative estimate of drug-likeness (QED) is 0.101. The smallest absolute Gasteiger partial charge is 0.331 e. The van der Waals surface area contributed by atoms with Gasteiger partial charge in [0.05, 0.1) is 19.8 Å². The highest BCUT2D eigenvalue weighted by molar-refractivity contribution is 5.87. The molecule has 0 saturated heterocycles. The molecular weight excluding hydrogens is 452 g/mol. The summed E-state index contributed by atoms with van der Waals surface area (Å²) in [5.41, 5.74) is 0.294. The summed E-state index contributed by atoms with van der Waals surface area (Å²) in [7, 11) is 0. The van der Waals surface area contributed by atoms with E-state index in [1.54, 1.807) is 6.08 Å². The molecule has 5 nitrogen and oxygen atoms in total. The van der Waals surface area contributed by atoms with E-state index in [9.17, 15) is 4.79 Å². The minimum atomic E-state index is -0.531. The summed E-state index contributed by atoms with van der Waals surface area (Å²) in [6.45, 7) is 14.1. The third-order valence-electron chi connectivity index (χ3n) is 5.62. The van der Waals surface area contributed by atoms with E-state index < -0.39 is 5.60 Å². The SMILES string of the molecule is CCCCCCOc1cc(C=CC(=O)OC(C)(C)C)cc(OCCCCCC)c1OCCCCCC. The van der Waals surface area contributed by atoms with Crippen molar-refractivity contribution in [1.82, 2.24) is 0 Å². The highest BCUT2D eigenvalue weighted by atomic mass is 16.6. The van der Waals surface area contributed by atoms with Crippen LogP contribution in [0.1, 0.15) is 124 Å². The monoisotopic (exact) mass is 504 g/mol. The van der Waals surface area contributed by atoms with Gasteiger partial charge >= 0.3 is 5.97 Å². The third kappa shape index (κ3) is 15.1. The van der Waals surface area contributed by atoms with Gasteiger partial charge in [-0.05, 0) is 63.8 Å². The maximum Gasteiger partial charge on any atom is 0.331 e. The standard InChI is InChI=1S/C31H52O5/c1-7-10-13-16-21-33-27-24-26(19-20-29(32)36-31(4,5)6)25-28(34-22-17-14-11-8-2)30(27)35-23-18-15-12-9-3/h19-20,24-25H,7-18,21-23H2,1-6H3. The molecule has 1 aromatic rings. The van der Waals surface area contributed by atoms with Gasteiger partial charge in [0.2, 0.25) is 5.75 Å². The van der Waals surface area contributed by atoms with E-state index in [4.69, 9.17) is 18.9 Å². The van der Waals surface area contributed by atoms with E-state index in [0.717, 1.165) is 44.1 Å². The lowest BCUT2D eigenvalue weighted by molar-refractivity contribution is -0.148. The Morgan fingerprint density at radius 2 is 1.14 bits per heavy atom. The Bertz CT molecular complexity index is 713. The van der Waals surface area contributed by atoms with Crippen molar-refractivity contribution in [2.75, 3.05) is 19.8 Å². The number of carbonyl (C=O) groups excluding carboxylic acids is 1. The van der Waals surface area contributed by atoms with E-state index in [-0.39, 0.29) is 5.97 Å². The van der Waals surface area contributed by atoms with Crippen molar-refractivity contribution >= 4 is 12.0 Å². The molecule has 0 N–H and O–H groups in total. The van der Waals surface area contributed by atoms with Crippen molar-refractivity contribution in [3.63, 3.8) is 0 Å². The molecule has 206 valence electrons. The lowest BCUT2D eigenvalue weighted by atomic mass is 10.1. The van der Waals surface area contributed by atoms with Gasteiger partial charge in [0.1, 0.15) is 5.60 Å². The topological polar surface area (TPSA) is 54.0 Å². The maximum absolute atomic E-state index is 12.2. The fraction of sp³-hybridized carbons (Fsp3) is 0.710. The number of rotatable bonds is 20. The average molecular weight is 505 g/mol. The molecule has 1 aromatic carbocycles. The Labute approximate surface area is 220 Å². The van der Waals surface area contributed by atoms with Crippen LogP contribution < -0.4 is 14.2 Å². The molecule has 0 saturated carbocycles. The van der Waals surface area contributed by atoms with Crippen LogP contribution >= 0.6 is 0 Å². The number of benzene rings is 1. The summed E-state index contributed by atoms with van der Waals surface area (Å²) >= 11 is 0. The molecule has 0 aliphatic heterocycles. The van der Waals surface area contributed by atoms with Crippen molar-refractivity contribution in [2.45, 2.75) is 124 Å². The Morgan fingerprint density at radius 3 is 1.56 bits per heavy atom. The maximum atomic E-state index is 12.2. The molecule has 0 heterocycles. The molecule has 0 aliphatic rings. The number of hydrogen-bond acceptors (Lipinski definition) is 5. The van der Waals surface area contributed by atoms with Gasteiger partial charge in [0.25, 0.3) is 0 Å². The van der Waals surface area contributed by atoms with Crippen molar-refractivity contribution in [3.8, 4) is 17.2 Å². The molecule has 36 heavy (non-hydrogen) atoms. The Morgan fingerprint density at radius 1 is 0.694 bits per heavy atom. The van der Waals surface area contributed by atoms with Crippen LogP contribution in [-0.4, -0.2) is 31.4 Å². The van der Waals surface area contributed by atoms with Gasteiger partial charge in [-0.15, -0.1) is 0 Å². The van der Waals surface area contributed by atoms with Crippen LogP contribution in [0.15, 0.2) is 18.2 Å². The second-order valence-corrected chi connectivity index (χ2v) is 10.4. The van der Waals surface area contributed by atoms with Crippen LogP contribution in [0.4, 0.5) is 0 Å². The zero-order valence-corrected chi connectivity index (χ0v) is 24.0. The molecule has 5 heteroatoms. The second kappa shape index (κ2) is 19.0. The predicted molar refractivity (Wildman–Crippen MR) is 150 cm³/mol. The number of unbranched alkanes of at least 4 members (excludes halogenated alkanes) is 9. The van der Waals surface area contributed by atoms with Crippen molar-refractivity contribution < 1.29 is 23.7 Å². The van der Waals surface area contributed by atoms with Crippen LogP contribution in [0.3, 0.4) is 0 Å². The summed E-state index contributed by atoms with van der Waals surface area (Å²) in [5.74, 6) is 1.66. The van der Waals surface area contributed by atoms with Gasteiger partial charge in [0, 0.05) is 6.08 Å². The van der Waals surface area contributed by atoms with E-state index in [0.29, 0.717) is 37.1 Å². The second-order valence-electron chi connectivity index (χ2n) is 10.4. The van der Waals surface area contributed by atoms with Crippen molar-refractivity contribution in [2.24, 2.45) is 0 Å². The number of esters is 1. The molecule has 0 amide bonds. The highest BCUT2D eigenvalue weighted by Gasteiger charge is 2.17. The van der Waals surface area contributed by atoms with E-state index >= 15 is 0 Å². The summed E-state index contributed by atoms with van der Waals surface area (Å²) in [6, 6.07) is 3.87. The number of hydrogen-bond donors (Lipinski definition) is 0. The van der Waals surface area contributed by atoms with E-state index in [2.05, 4.69) is 20.8 Å². The van der Waals surface area contributed by atoms with Crippen LogP contribution in [0.25, 0.3) is 6.08 Å². The van der Waals surface area contributed by atoms with Gasteiger partial charge in [-0.2, -0.15) is 0 Å². The predicted octanol–water partition coefficient (Wildman–Crippen LogP) is 8.92. The van der Waals surface area contributed by atoms with Crippen molar-refractivity contribution in [3.05, 3.63) is 23.8 Å². The molecule has 0 atom stereocenters. The molecule has 0 bridgehead atoms. The third-order valence-corrected chi connectivity index (χ3v) is 5.62. The molecule has 0 fully saturated rings. The van der Waals surface area contributed by atoms with Crippen molar-refractivity contribution in [1.29, 1.82) is 0 Å². The first-order chi connectivity index (χ1) is 17.3. The largest absolute Gasteiger partial charge is 0.490 e. The van der Waals surface area contributed by atoms with Crippen LogP contribution in [0, 0.1) is 0 Å². The summed E-state index contributed by atoms with van der Waals surface area (Å²) in [6.07, 6.45) is 16.8. The molecule has 0 spiro atoms. The fourth-order valence-corrected chi connectivity index (χ4v) is 3.67. The summed E-state index contributed by atoms with van der Waals surface area (Å²) in [5, 5.41) is 0. The molecular formula is C31H52O5. The first kappa shape index (κ1) is 31.9. The fourth-order valence-electron chi connectivity index (χ4n) is 3.67. The highest BCUT2D eigenvalue weighted by Crippen LogP contribution is 2.40. The lowest BCUT2D eigenvalue weighted by Gasteiger charge is -2.19. The van der Waals surface area contributed by atoms with Gasteiger partial charge in [-0.25, -0.2) is 4.79 Å². The summed E-state index contributed by atoms with van der Waals surface area (Å²) in [4.78, 5) is 12.2. The minimum absolute atomic E-state index is 0.372. The first-order valence-electron chi connectivity index (χ1n) is 14.3. The average Bonchev–Trinajstić information content (AvgIpc) is 2.82. The van der Waals surface area contributed by atoms with Gasteiger partial charge in [0.15, 0.2) is 11.5 Å². The lowest BCUT2D eigenvalue weighted by Crippen LogP contribution is -2.22. The van der Waals surface area contributed by atoms with Gasteiger partial charge in [-0.3, -0.25) is 0 Å². The summed E-state index contributed by atoms with van der Waals surface area (Å²) < 4.78 is 24.1. The molecule has 0 unspecified atom stereocenters. The van der Waals surface area contributed by atoms with Crippen LogP contribution in [-0.2, 0) is 9.53 Å². The Hall–Kier alpha value is -2.17. The number of ether oxygens (including phenoxy) is 4. The van der Waals surface area contributed by atoms with E-state index in [1.165, 1.54) is 44.6 Å². The Balaban J connectivity index is 3.13. The molecule has 0 aromatic heterocycles. The van der Waals surface area contributed by atoms with E-state index in [1.807, 2.05) is 32.9 Å². The first-order valence-corrected chi connectivity index (χ1v) is 14.3. The normalized spacial score (nSPS) is 11.6. The minimum Gasteiger partial charge on any atom is -0.490 e. The van der Waals surface area contributed by atoms with Gasteiger partial charge < -0.3 is 18.9 Å². The number of carbonyl (C=O) groups is 1. The van der Waals surface area contributed by atoms with Crippen LogP contribution in [0.2, 0.25) is 0 Å². The zero-order chi connectivity index (χ0) is 26.7. The zero-order valence-electron chi connectivity index (χ0n) is 24.0. The van der Waals surface area contributed by atoms with Crippen LogP contribution in [0.5, 0.6) is 17.2 Å².